The number of hydrogen-bond donors (Lipinski definition) is 1. The van der Waals surface area contributed by atoms with Crippen LogP contribution in [0.5, 0.6) is 0 Å². The first-order chi connectivity index (χ1) is 11.8. The number of benzene rings is 1. The third-order valence-electron chi connectivity index (χ3n) is 3.79. The second-order valence-electron chi connectivity index (χ2n) is 5.67. The Labute approximate surface area is 141 Å². The third-order valence-corrected chi connectivity index (χ3v) is 3.79. The van der Waals surface area contributed by atoms with E-state index in [1.165, 1.54) is 11.0 Å². The number of para-hydroxylation sites is 1. The first kappa shape index (κ1) is 16.6. The maximum absolute atomic E-state index is 12.0. The fourth-order valence-corrected chi connectivity index (χ4v) is 2.51. The average Bonchev–Trinajstić information content (AvgIpc) is 3.30. The average molecular weight is 330 g/mol. The van der Waals surface area contributed by atoms with Crippen molar-refractivity contribution >= 4 is 5.91 Å². The molecule has 1 amide bonds. The molecule has 7 heteroatoms. The number of carbonyl (C=O) groups excluding carboxylic acids is 1. The molecule has 2 aromatic rings. The molecule has 1 aromatic carbocycles. The highest BCUT2D eigenvalue weighted by Crippen LogP contribution is 2.11. The molecule has 24 heavy (non-hydrogen) atoms. The predicted octanol–water partition coefficient (Wildman–Crippen LogP) is 1.58. The SMILES string of the molecule is O=C(NCCCOC[C@H]1CCCO1)c1cnn(-c2ccccc2)n1. The summed E-state index contributed by atoms with van der Waals surface area (Å²) in [6.45, 7) is 2.63. The summed E-state index contributed by atoms with van der Waals surface area (Å²) in [4.78, 5) is 13.5. The molecule has 1 N–H and O–H groups in total. The summed E-state index contributed by atoms with van der Waals surface area (Å²) in [5, 5.41) is 11.1. The zero-order valence-electron chi connectivity index (χ0n) is 13.6. The van der Waals surface area contributed by atoms with Gasteiger partial charge in [0.25, 0.3) is 5.91 Å². The molecule has 128 valence electrons. The number of nitrogens with zero attached hydrogens (tertiary/aromatic N) is 3. The van der Waals surface area contributed by atoms with Crippen molar-refractivity contribution in [3.63, 3.8) is 0 Å². The summed E-state index contributed by atoms with van der Waals surface area (Å²) < 4.78 is 11.0. The molecule has 1 saturated heterocycles. The highest BCUT2D eigenvalue weighted by molar-refractivity contribution is 5.91. The number of rotatable bonds is 8. The number of amides is 1. The van der Waals surface area contributed by atoms with E-state index in [9.17, 15) is 4.79 Å². The molecule has 1 aliphatic rings. The van der Waals surface area contributed by atoms with Crippen LogP contribution in [0.2, 0.25) is 0 Å². The van der Waals surface area contributed by atoms with Gasteiger partial charge in [-0.05, 0) is 31.4 Å². The lowest BCUT2D eigenvalue weighted by molar-refractivity contribution is 0.0166. The first-order valence-electron chi connectivity index (χ1n) is 8.28. The second kappa shape index (κ2) is 8.56. The minimum absolute atomic E-state index is 0.226. The van der Waals surface area contributed by atoms with Gasteiger partial charge in [0, 0.05) is 19.8 Å². The molecule has 2 heterocycles. The van der Waals surface area contributed by atoms with Crippen molar-refractivity contribution < 1.29 is 14.3 Å². The van der Waals surface area contributed by atoms with Crippen LogP contribution in [0.15, 0.2) is 36.5 Å². The van der Waals surface area contributed by atoms with Crippen LogP contribution >= 0.6 is 0 Å². The van der Waals surface area contributed by atoms with E-state index >= 15 is 0 Å². The van der Waals surface area contributed by atoms with Crippen molar-refractivity contribution in [3.8, 4) is 5.69 Å². The normalized spacial score (nSPS) is 17.1. The Hall–Kier alpha value is -2.25. The summed E-state index contributed by atoms with van der Waals surface area (Å²) in [5.74, 6) is -0.226. The monoisotopic (exact) mass is 330 g/mol. The highest BCUT2D eigenvalue weighted by Gasteiger charge is 2.15. The summed E-state index contributed by atoms with van der Waals surface area (Å²) in [5.41, 5.74) is 1.12. The van der Waals surface area contributed by atoms with Gasteiger partial charge >= 0.3 is 0 Å². The Morgan fingerprint density at radius 2 is 2.25 bits per heavy atom. The molecule has 1 aliphatic heterocycles. The van der Waals surface area contributed by atoms with Crippen molar-refractivity contribution in [2.75, 3.05) is 26.4 Å². The second-order valence-corrected chi connectivity index (χ2v) is 5.67. The Kier molecular flexibility index (Phi) is 5.92. The Bertz CT molecular complexity index is 638. The molecular weight excluding hydrogens is 308 g/mol. The number of nitrogens with one attached hydrogen (secondary N) is 1. The standard InChI is InChI=1S/C17H22N4O3/c22-17(18-9-5-10-23-13-15-8-4-11-24-15)16-12-19-21(20-16)14-6-2-1-3-7-14/h1-3,6-7,12,15H,4-5,8-11,13H2,(H,18,22)/t15-/m1/s1. The molecule has 3 rings (SSSR count). The van der Waals surface area contributed by atoms with Crippen molar-refractivity contribution in [1.82, 2.24) is 20.3 Å². The van der Waals surface area contributed by atoms with E-state index in [1.54, 1.807) is 0 Å². The van der Waals surface area contributed by atoms with E-state index in [4.69, 9.17) is 9.47 Å². The van der Waals surface area contributed by atoms with Gasteiger partial charge in [0.1, 0.15) is 0 Å². The van der Waals surface area contributed by atoms with Crippen LogP contribution in [0.3, 0.4) is 0 Å². The van der Waals surface area contributed by atoms with E-state index in [2.05, 4.69) is 15.5 Å². The van der Waals surface area contributed by atoms with Crippen molar-refractivity contribution in [3.05, 3.63) is 42.2 Å². The molecule has 0 bridgehead atoms. The largest absolute Gasteiger partial charge is 0.379 e. The van der Waals surface area contributed by atoms with Crippen molar-refractivity contribution in [1.29, 1.82) is 0 Å². The minimum atomic E-state index is -0.226. The third kappa shape index (κ3) is 4.62. The van der Waals surface area contributed by atoms with E-state index in [0.29, 0.717) is 25.5 Å². The maximum Gasteiger partial charge on any atom is 0.273 e. The molecule has 0 aliphatic carbocycles. The van der Waals surface area contributed by atoms with Gasteiger partial charge in [-0.1, -0.05) is 18.2 Å². The lowest BCUT2D eigenvalue weighted by atomic mass is 10.2. The number of aromatic nitrogens is 3. The summed E-state index contributed by atoms with van der Waals surface area (Å²) >= 11 is 0. The molecule has 1 aromatic heterocycles. The molecule has 0 saturated carbocycles. The van der Waals surface area contributed by atoms with Crippen LogP contribution in [0, 0.1) is 0 Å². The Balaban J connectivity index is 1.35. The number of carbonyl (C=O) groups is 1. The number of ether oxygens (including phenoxy) is 2. The lowest BCUT2D eigenvalue weighted by Gasteiger charge is -2.10. The van der Waals surface area contributed by atoms with Crippen molar-refractivity contribution in [2.24, 2.45) is 0 Å². The van der Waals surface area contributed by atoms with Crippen LogP contribution in [0.1, 0.15) is 29.8 Å². The Morgan fingerprint density at radius 1 is 1.38 bits per heavy atom. The molecule has 0 unspecified atom stereocenters. The summed E-state index contributed by atoms with van der Waals surface area (Å²) in [7, 11) is 0. The first-order valence-corrected chi connectivity index (χ1v) is 8.28. The van der Waals surface area contributed by atoms with Gasteiger partial charge in [-0.15, -0.1) is 5.10 Å². The van der Waals surface area contributed by atoms with E-state index in [1.807, 2.05) is 30.3 Å². The zero-order chi connectivity index (χ0) is 16.6. The topological polar surface area (TPSA) is 78.3 Å². The molecule has 0 radical (unpaired) electrons. The van der Waals surface area contributed by atoms with Crippen LogP contribution < -0.4 is 5.32 Å². The van der Waals surface area contributed by atoms with Crippen LogP contribution in [-0.2, 0) is 9.47 Å². The van der Waals surface area contributed by atoms with Gasteiger partial charge in [-0.3, -0.25) is 4.79 Å². The fraction of sp³-hybridized carbons (Fsp3) is 0.471. The lowest BCUT2D eigenvalue weighted by Crippen LogP contribution is -2.26. The van der Waals surface area contributed by atoms with E-state index < -0.39 is 0 Å². The van der Waals surface area contributed by atoms with Crippen LogP contribution in [-0.4, -0.2) is 53.4 Å². The molecule has 1 fully saturated rings. The molecular formula is C17H22N4O3. The minimum Gasteiger partial charge on any atom is -0.379 e. The fourth-order valence-electron chi connectivity index (χ4n) is 2.51. The van der Waals surface area contributed by atoms with Crippen LogP contribution in [0.4, 0.5) is 0 Å². The van der Waals surface area contributed by atoms with E-state index in [-0.39, 0.29) is 12.0 Å². The number of hydrogen-bond acceptors (Lipinski definition) is 5. The Morgan fingerprint density at radius 3 is 3.04 bits per heavy atom. The van der Waals surface area contributed by atoms with Crippen LogP contribution in [0.25, 0.3) is 5.69 Å². The van der Waals surface area contributed by atoms with E-state index in [0.717, 1.165) is 31.6 Å². The highest BCUT2D eigenvalue weighted by atomic mass is 16.5. The predicted molar refractivity (Wildman–Crippen MR) is 88.1 cm³/mol. The van der Waals surface area contributed by atoms with Gasteiger partial charge in [-0.2, -0.15) is 9.90 Å². The molecule has 7 nitrogen and oxygen atoms in total. The molecule has 1 atom stereocenters. The van der Waals surface area contributed by atoms with Gasteiger partial charge in [0.2, 0.25) is 0 Å². The molecule has 0 spiro atoms. The summed E-state index contributed by atoms with van der Waals surface area (Å²) in [6.07, 6.45) is 4.66. The van der Waals surface area contributed by atoms with Crippen molar-refractivity contribution in [2.45, 2.75) is 25.4 Å². The van der Waals surface area contributed by atoms with Gasteiger partial charge in [-0.25, -0.2) is 0 Å². The van der Waals surface area contributed by atoms with Gasteiger partial charge in [0.05, 0.1) is 24.6 Å². The van der Waals surface area contributed by atoms with Gasteiger partial charge < -0.3 is 14.8 Å². The quantitative estimate of drug-likeness (QED) is 0.744. The van der Waals surface area contributed by atoms with Gasteiger partial charge in [0.15, 0.2) is 5.69 Å². The smallest absolute Gasteiger partial charge is 0.273 e. The zero-order valence-corrected chi connectivity index (χ0v) is 13.6. The summed E-state index contributed by atoms with van der Waals surface area (Å²) in [6, 6.07) is 9.48. The maximum atomic E-state index is 12.0.